The van der Waals surface area contributed by atoms with Crippen LogP contribution in [0, 0.1) is 17.8 Å². The smallest absolute Gasteiger partial charge is 0.233 e. The lowest BCUT2D eigenvalue weighted by atomic mass is 9.59. The lowest BCUT2D eigenvalue weighted by Crippen LogP contribution is -2.43. The van der Waals surface area contributed by atoms with E-state index in [2.05, 4.69) is 0 Å². The zero-order valence-corrected chi connectivity index (χ0v) is 19.8. The topological polar surface area (TPSA) is 91.8 Å². The second-order valence-corrected chi connectivity index (χ2v) is 10.7. The van der Waals surface area contributed by atoms with Crippen LogP contribution < -0.4 is 0 Å². The number of carbonyl (C=O) groups excluding carboxylic acids is 4. The molecule has 1 aliphatic heterocycles. The van der Waals surface area contributed by atoms with Crippen LogP contribution in [-0.4, -0.2) is 39.4 Å². The van der Waals surface area contributed by atoms with Gasteiger partial charge >= 0.3 is 0 Å². The van der Waals surface area contributed by atoms with E-state index in [1.54, 1.807) is 30.0 Å². The van der Waals surface area contributed by atoms with Gasteiger partial charge in [0.1, 0.15) is 5.75 Å². The molecule has 4 atom stereocenters. The Labute approximate surface area is 204 Å². The summed E-state index contributed by atoms with van der Waals surface area (Å²) in [6.07, 6.45) is 9.11. The molecule has 1 N–H and O–H groups in total. The van der Waals surface area contributed by atoms with Gasteiger partial charge in [-0.05, 0) is 62.3 Å². The molecule has 1 aromatic rings. The Kier molecular flexibility index (Phi) is 5.17. The Bertz CT molecular complexity index is 1260. The molecule has 6 nitrogen and oxygen atoms in total. The minimum absolute atomic E-state index is 0.0268. The normalized spacial score (nSPS) is 31.2. The predicted molar refractivity (Wildman–Crippen MR) is 128 cm³/mol. The van der Waals surface area contributed by atoms with Crippen molar-refractivity contribution in [2.75, 3.05) is 0 Å². The van der Waals surface area contributed by atoms with Gasteiger partial charge in [-0.3, -0.25) is 24.1 Å². The van der Waals surface area contributed by atoms with Crippen molar-refractivity contribution in [2.45, 2.75) is 63.8 Å². The van der Waals surface area contributed by atoms with Crippen LogP contribution in [0.4, 0.5) is 0 Å². The van der Waals surface area contributed by atoms with Crippen molar-refractivity contribution in [1.29, 1.82) is 0 Å². The Balaban J connectivity index is 1.46. The van der Waals surface area contributed by atoms with Gasteiger partial charge in [0.25, 0.3) is 0 Å². The Morgan fingerprint density at radius 1 is 0.971 bits per heavy atom. The van der Waals surface area contributed by atoms with Gasteiger partial charge in [-0.15, -0.1) is 0 Å². The second kappa shape index (κ2) is 8.14. The molecule has 0 spiro atoms. The highest BCUT2D eigenvalue weighted by atomic mass is 16.3. The fourth-order valence-corrected chi connectivity index (χ4v) is 7.19. The van der Waals surface area contributed by atoms with Crippen molar-refractivity contribution < 1.29 is 24.3 Å². The maximum Gasteiger partial charge on any atom is 0.233 e. The summed E-state index contributed by atoms with van der Waals surface area (Å²) in [5, 5.41) is 10.2. The number of hydrogen-bond donors (Lipinski definition) is 1. The van der Waals surface area contributed by atoms with Crippen molar-refractivity contribution in [2.24, 2.45) is 17.8 Å². The number of imide groups is 1. The Morgan fingerprint density at radius 3 is 2.49 bits per heavy atom. The maximum absolute atomic E-state index is 13.8. The lowest BCUT2D eigenvalue weighted by molar-refractivity contribution is -0.143. The van der Waals surface area contributed by atoms with Crippen LogP contribution >= 0.6 is 0 Å². The van der Waals surface area contributed by atoms with Crippen LogP contribution in [0.1, 0.15) is 63.4 Å². The number of rotatable bonds is 2. The van der Waals surface area contributed by atoms with Gasteiger partial charge in [0.15, 0.2) is 11.6 Å². The summed E-state index contributed by atoms with van der Waals surface area (Å²) in [7, 11) is 0. The number of hydrogen-bond acceptors (Lipinski definition) is 5. The molecule has 4 aliphatic carbocycles. The van der Waals surface area contributed by atoms with Gasteiger partial charge in [-0.2, -0.15) is 0 Å². The average Bonchev–Trinajstić information content (AvgIpc) is 3.11. The van der Waals surface area contributed by atoms with Gasteiger partial charge in [0.05, 0.1) is 11.8 Å². The first-order chi connectivity index (χ1) is 16.9. The van der Waals surface area contributed by atoms with Crippen molar-refractivity contribution in [3.05, 3.63) is 64.3 Å². The lowest BCUT2D eigenvalue weighted by Gasteiger charge is -2.42. The van der Waals surface area contributed by atoms with E-state index in [-0.39, 0.29) is 41.1 Å². The third-order valence-corrected chi connectivity index (χ3v) is 8.74. The summed E-state index contributed by atoms with van der Waals surface area (Å²) in [6.45, 7) is 1.65. The van der Waals surface area contributed by atoms with Crippen LogP contribution in [0.5, 0.6) is 5.75 Å². The van der Waals surface area contributed by atoms with E-state index < -0.39 is 17.8 Å². The van der Waals surface area contributed by atoms with Crippen molar-refractivity contribution in [1.82, 2.24) is 4.90 Å². The summed E-state index contributed by atoms with van der Waals surface area (Å²) >= 11 is 0. The van der Waals surface area contributed by atoms with Gasteiger partial charge in [0, 0.05) is 28.7 Å². The predicted octanol–water partition coefficient (Wildman–Crippen LogP) is 4.15. The fourth-order valence-electron chi connectivity index (χ4n) is 7.19. The molecule has 5 aliphatic rings. The SMILES string of the molecule is CC1=CC(=O)C2=C(C[C@@H]3C(=CC[C@@H]4C(=O)N(C5CCCCC5)C(=O)[C@@H]43)[C@@H]2c2cccc(O)c2)C1=O. The molecule has 180 valence electrons. The summed E-state index contributed by atoms with van der Waals surface area (Å²) in [5.74, 6) is -2.18. The van der Waals surface area contributed by atoms with Crippen LogP contribution in [0.15, 0.2) is 58.7 Å². The highest BCUT2D eigenvalue weighted by Gasteiger charge is 2.57. The van der Waals surface area contributed by atoms with E-state index in [9.17, 15) is 24.3 Å². The molecule has 2 amide bonds. The zero-order chi connectivity index (χ0) is 24.4. The highest BCUT2D eigenvalue weighted by Crippen LogP contribution is 2.55. The van der Waals surface area contributed by atoms with Crippen molar-refractivity contribution in [3.8, 4) is 5.75 Å². The summed E-state index contributed by atoms with van der Waals surface area (Å²) in [6, 6.07) is 6.75. The Hall–Kier alpha value is -3.28. The molecular formula is C29H29NO5. The number of ketones is 2. The third kappa shape index (κ3) is 3.29. The van der Waals surface area contributed by atoms with E-state index in [4.69, 9.17) is 0 Å². The molecular weight excluding hydrogens is 442 g/mol. The number of benzene rings is 1. The number of nitrogens with zero attached hydrogens (tertiary/aromatic N) is 1. The monoisotopic (exact) mass is 471 g/mol. The molecule has 35 heavy (non-hydrogen) atoms. The minimum Gasteiger partial charge on any atom is -0.508 e. The molecule has 6 rings (SSSR count). The molecule has 0 unspecified atom stereocenters. The van der Waals surface area contributed by atoms with Gasteiger partial charge in [-0.1, -0.05) is 43.0 Å². The number of phenolic OH excluding ortho intramolecular Hbond substituents is 1. The van der Waals surface area contributed by atoms with Gasteiger partial charge < -0.3 is 5.11 Å². The number of fused-ring (bicyclic) bond motifs is 3. The first-order valence-corrected chi connectivity index (χ1v) is 12.7. The molecule has 2 fully saturated rings. The minimum atomic E-state index is -0.510. The van der Waals surface area contributed by atoms with Crippen molar-refractivity contribution in [3.63, 3.8) is 0 Å². The maximum atomic E-state index is 13.8. The largest absolute Gasteiger partial charge is 0.508 e. The van der Waals surface area contributed by atoms with E-state index in [1.807, 2.05) is 12.1 Å². The van der Waals surface area contributed by atoms with E-state index in [0.717, 1.165) is 43.2 Å². The number of Topliss-reactive ketones (excluding diaryl/α,β-unsaturated/α-hetero) is 1. The van der Waals surface area contributed by atoms with Gasteiger partial charge in [-0.25, -0.2) is 0 Å². The quantitative estimate of drug-likeness (QED) is 0.397. The average molecular weight is 472 g/mol. The number of phenols is 1. The summed E-state index contributed by atoms with van der Waals surface area (Å²) < 4.78 is 0. The van der Waals surface area contributed by atoms with E-state index in [1.165, 1.54) is 6.08 Å². The first kappa shape index (κ1) is 22.2. The third-order valence-electron chi connectivity index (χ3n) is 8.74. The van der Waals surface area contributed by atoms with Crippen LogP contribution in [0.2, 0.25) is 0 Å². The first-order valence-electron chi connectivity index (χ1n) is 12.7. The molecule has 1 saturated heterocycles. The summed E-state index contributed by atoms with van der Waals surface area (Å²) in [4.78, 5) is 55.3. The number of carbonyl (C=O) groups is 4. The van der Waals surface area contributed by atoms with Crippen LogP contribution in [0.25, 0.3) is 0 Å². The highest BCUT2D eigenvalue weighted by molar-refractivity contribution is 6.23. The molecule has 1 heterocycles. The van der Waals surface area contributed by atoms with E-state index >= 15 is 0 Å². The molecule has 1 saturated carbocycles. The fraction of sp³-hybridized carbons (Fsp3) is 0.448. The summed E-state index contributed by atoms with van der Waals surface area (Å²) in [5.41, 5.74) is 2.97. The number of amides is 2. The number of aromatic hydroxyl groups is 1. The molecule has 6 heteroatoms. The Morgan fingerprint density at radius 2 is 1.74 bits per heavy atom. The van der Waals surface area contributed by atoms with Gasteiger partial charge in [0.2, 0.25) is 11.8 Å². The molecule has 0 aromatic heterocycles. The standard InChI is InChI=1S/C29H29NO5/c1-15-12-23(32)26-22(27(15)33)14-21-19(24(26)16-6-5-9-18(31)13-16)10-11-20-25(21)29(35)30(28(20)34)17-7-3-2-4-8-17/h5-6,9-10,12-13,17,20-21,24-25,31H,2-4,7-8,11,14H2,1H3/t20-,21+,24-,25-/m0/s1. The van der Waals surface area contributed by atoms with Crippen LogP contribution in [0.3, 0.4) is 0 Å². The number of allylic oxidation sites excluding steroid dienone is 6. The number of likely N-dealkylation sites (tertiary alicyclic amines) is 1. The second-order valence-electron chi connectivity index (χ2n) is 10.7. The molecule has 1 aromatic carbocycles. The zero-order valence-electron chi connectivity index (χ0n) is 19.8. The molecule has 0 radical (unpaired) electrons. The van der Waals surface area contributed by atoms with Crippen molar-refractivity contribution >= 4 is 23.4 Å². The van der Waals surface area contributed by atoms with E-state index in [0.29, 0.717) is 29.6 Å². The van der Waals surface area contributed by atoms with Crippen LogP contribution in [-0.2, 0) is 19.2 Å². The molecule has 0 bridgehead atoms.